The van der Waals surface area contributed by atoms with Gasteiger partial charge in [-0.05, 0) is 26.2 Å². The number of unbranched alkanes of at least 4 members (excludes halogenated alkanes) is 1. The first-order valence-corrected chi connectivity index (χ1v) is 8.58. The Labute approximate surface area is 145 Å². The molecule has 6 nitrogen and oxygen atoms in total. The van der Waals surface area contributed by atoms with Gasteiger partial charge in [0.05, 0.1) is 5.01 Å². The molecule has 2 aromatic rings. The largest absolute Gasteiger partial charge is 0.351 e. The second-order valence-corrected chi connectivity index (χ2v) is 6.49. The minimum absolute atomic E-state index is 0. The summed E-state index contributed by atoms with van der Waals surface area (Å²) in [5.74, 6) is -0.0775. The van der Waals surface area contributed by atoms with Gasteiger partial charge in [-0.2, -0.15) is 5.10 Å². The van der Waals surface area contributed by atoms with Crippen LogP contribution in [0.5, 0.6) is 0 Å². The van der Waals surface area contributed by atoms with E-state index in [0.717, 1.165) is 55.7 Å². The summed E-state index contributed by atoms with van der Waals surface area (Å²) in [7, 11) is 0. The Balaban J connectivity index is 0.00000192. The molecule has 8 heteroatoms. The first-order chi connectivity index (χ1) is 10.7. The predicted molar refractivity (Wildman–Crippen MR) is 93.4 cm³/mol. The lowest BCUT2D eigenvalue weighted by Gasteiger charge is -2.12. The number of aryl methyl sites for hydroxylation is 2. The van der Waals surface area contributed by atoms with E-state index in [0.29, 0.717) is 12.2 Å². The third-order valence-corrected chi connectivity index (χ3v) is 4.82. The van der Waals surface area contributed by atoms with Crippen LogP contribution in [0.25, 0.3) is 0 Å². The van der Waals surface area contributed by atoms with E-state index in [9.17, 15) is 4.79 Å². The van der Waals surface area contributed by atoms with Crippen molar-refractivity contribution in [3.63, 3.8) is 0 Å². The van der Waals surface area contributed by atoms with Gasteiger partial charge < -0.3 is 10.6 Å². The van der Waals surface area contributed by atoms with Gasteiger partial charge in [0.15, 0.2) is 5.69 Å². The van der Waals surface area contributed by atoms with Crippen molar-refractivity contribution in [3.8, 4) is 0 Å². The van der Waals surface area contributed by atoms with Gasteiger partial charge in [-0.1, -0.05) is 0 Å². The van der Waals surface area contributed by atoms with E-state index in [1.54, 1.807) is 11.3 Å². The molecule has 1 aliphatic heterocycles. The summed E-state index contributed by atoms with van der Waals surface area (Å²) >= 11 is 1.71. The molecule has 3 N–H and O–H groups in total. The number of fused-ring (bicyclic) bond motifs is 1. The van der Waals surface area contributed by atoms with Crippen molar-refractivity contribution in [1.82, 2.24) is 25.8 Å². The minimum Gasteiger partial charge on any atom is -0.351 e. The Morgan fingerprint density at radius 1 is 1.43 bits per heavy atom. The van der Waals surface area contributed by atoms with E-state index in [2.05, 4.69) is 31.2 Å². The molecule has 126 valence electrons. The van der Waals surface area contributed by atoms with Crippen molar-refractivity contribution in [2.45, 2.75) is 39.2 Å². The Morgan fingerprint density at radius 2 is 2.30 bits per heavy atom. The van der Waals surface area contributed by atoms with Crippen LogP contribution in [0.4, 0.5) is 0 Å². The third-order valence-electron chi connectivity index (χ3n) is 3.79. The molecular formula is C15H22ClN5OS. The molecule has 0 radical (unpaired) electrons. The molecule has 0 aliphatic carbocycles. The Bertz CT molecular complexity index is 654. The summed E-state index contributed by atoms with van der Waals surface area (Å²) in [4.78, 5) is 16.6. The summed E-state index contributed by atoms with van der Waals surface area (Å²) in [6.45, 7) is 4.35. The highest BCUT2D eigenvalue weighted by atomic mass is 35.5. The number of nitrogens with zero attached hydrogens (tertiary/aromatic N) is 2. The quantitative estimate of drug-likeness (QED) is 0.692. The van der Waals surface area contributed by atoms with Crippen LogP contribution in [0.3, 0.4) is 0 Å². The van der Waals surface area contributed by atoms with Gasteiger partial charge in [-0.3, -0.25) is 9.89 Å². The first-order valence-electron chi connectivity index (χ1n) is 7.70. The maximum Gasteiger partial charge on any atom is 0.272 e. The zero-order chi connectivity index (χ0) is 15.4. The van der Waals surface area contributed by atoms with Crippen LogP contribution in [-0.4, -0.2) is 34.2 Å². The van der Waals surface area contributed by atoms with Crippen molar-refractivity contribution < 1.29 is 4.79 Å². The Hall–Kier alpha value is -1.44. The van der Waals surface area contributed by atoms with Gasteiger partial charge in [0.1, 0.15) is 0 Å². The van der Waals surface area contributed by atoms with Gasteiger partial charge in [0.2, 0.25) is 0 Å². The fraction of sp³-hybridized carbons (Fsp3) is 0.533. The molecule has 0 saturated carbocycles. The standard InChI is InChI=1S/C15H21N5OS.ClH/c1-10-9-22-13(18-10)4-2-3-6-17-15(21)14-11-8-16-7-5-12(11)19-20-14;/h9,16H,2-8H2,1H3,(H,17,21)(H,19,20);1H. The molecule has 0 atom stereocenters. The summed E-state index contributed by atoms with van der Waals surface area (Å²) in [5, 5.41) is 16.6. The van der Waals surface area contributed by atoms with Gasteiger partial charge >= 0.3 is 0 Å². The zero-order valence-corrected chi connectivity index (χ0v) is 14.8. The molecule has 0 unspecified atom stereocenters. The summed E-state index contributed by atoms with van der Waals surface area (Å²) in [5.41, 5.74) is 3.73. The fourth-order valence-corrected chi connectivity index (χ4v) is 3.44. The van der Waals surface area contributed by atoms with Crippen molar-refractivity contribution >= 4 is 29.7 Å². The topological polar surface area (TPSA) is 82.7 Å². The molecule has 23 heavy (non-hydrogen) atoms. The smallest absolute Gasteiger partial charge is 0.272 e. The number of nitrogens with one attached hydrogen (secondary N) is 3. The van der Waals surface area contributed by atoms with Crippen LogP contribution in [-0.2, 0) is 19.4 Å². The molecule has 0 aromatic carbocycles. The highest BCUT2D eigenvalue weighted by molar-refractivity contribution is 7.09. The number of H-pyrrole nitrogens is 1. The van der Waals surface area contributed by atoms with Crippen LogP contribution in [0, 0.1) is 6.92 Å². The summed E-state index contributed by atoms with van der Waals surface area (Å²) in [6, 6.07) is 0. The lowest BCUT2D eigenvalue weighted by atomic mass is 10.1. The molecule has 2 aromatic heterocycles. The molecule has 3 heterocycles. The second-order valence-electron chi connectivity index (χ2n) is 5.55. The Morgan fingerprint density at radius 3 is 3.09 bits per heavy atom. The van der Waals surface area contributed by atoms with Crippen molar-refractivity contribution in [2.24, 2.45) is 0 Å². The number of aromatic amines is 1. The van der Waals surface area contributed by atoms with E-state index >= 15 is 0 Å². The SMILES string of the molecule is Cc1csc(CCCCNC(=O)c2n[nH]c3c2CNCC3)n1.Cl. The van der Waals surface area contributed by atoms with Crippen molar-refractivity contribution in [1.29, 1.82) is 0 Å². The molecule has 3 rings (SSSR count). The van der Waals surface area contributed by atoms with Gasteiger partial charge in [0.25, 0.3) is 5.91 Å². The lowest BCUT2D eigenvalue weighted by molar-refractivity contribution is 0.0947. The predicted octanol–water partition coefficient (Wildman–Crippen LogP) is 1.99. The van der Waals surface area contributed by atoms with E-state index in [4.69, 9.17) is 0 Å². The number of halogens is 1. The van der Waals surface area contributed by atoms with E-state index in [1.807, 2.05) is 6.92 Å². The number of aromatic nitrogens is 3. The molecule has 1 amide bonds. The summed E-state index contributed by atoms with van der Waals surface area (Å²) < 4.78 is 0. The number of amides is 1. The van der Waals surface area contributed by atoms with Gasteiger partial charge in [-0.25, -0.2) is 4.98 Å². The number of rotatable bonds is 6. The minimum atomic E-state index is -0.0775. The monoisotopic (exact) mass is 355 g/mol. The third kappa shape index (κ3) is 4.53. The number of carbonyl (C=O) groups excluding carboxylic acids is 1. The zero-order valence-electron chi connectivity index (χ0n) is 13.1. The van der Waals surface area contributed by atoms with Crippen LogP contribution in [0.1, 0.15) is 45.3 Å². The number of thiazole rings is 1. The molecular weight excluding hydrogens is 334 g/mol. The van der Waals surface area contributed by atoms with Gasteiger partial charge in [-0.15, -0.1) is 23.7 Å². The molecule has 0 fully saturated rings. The van der Waals surface area contributed by atoms with Gasteiger partial charge in [0, 0.05) is 48.4 Å². The van der Waals surface area contributed by atoms with E-state index in [1.165, 1.54) is 5.01 Å². The second kappa shape index (κ2) is 8.42. The highest BCUT2D eigenvalue weighted by Crippen LogP contribution is 2.15. The fourth-order valence-electron chi connectivity index (χ4n) is 2.62. The van der Waals surface area contributed by atoms with Crippen LogP contribution in [0.2, 0.25) is 0 Å². The lowest BCUT2D eigenvalue weighted by Crippen LogP contribution is -2.29. The van der Waals surface area contributed by atoms with E-state index < -0.39 is 0 Å². The van der Waals surface area contributed by atoms with Crippen LogP contribution < -0.4 is 10.6 Å². The first kappa shape index (κ1) is 17.9. The number of hydrogen-bond donors (Lipinski definition) is 3. The normalized spacial score (nSPS) is 13.3. The summed E-state index contributed by atoms with van der Waals surface area (Å²) in [6.07, 6.45) is 3.88. The number of hydrogen-bond acceptors (Lipinski definition) is 5. The molecule has 1 aliphatic rings. The van der Waals surface area contributed by atoms with E-state index in [-0.39, 0.29) is 18.3 Å². The Kier molecular flexibility index (Phi) is 6.56. The average Bonchev–Trinajstić information content (AvgIpc) is 3.13. The maximum absolute atomic E-state index is 12.2. The number of carbonyl (C=O) groups is 1. The van der Waals surface area contributed by atoms with Crippen molar-refractivity contribution in [2.75, 3.05) is 13.1 Å². The molecule has 0 bridgehead atoms. The maximum atomic E-state index is 12.2. The average molecular weight is 356 g/mol. The van der Waals surface area contributed by atoms with Crippen molar-refractivity contribution in [3.05, 3.63) is 33.0 Å². The molecule has 0 spiro atoms. The highest BCUT2D eigenvalue weighted by Gasteiger charge is 2.20. The molecule has 0 saturated heterocycles. The van der Waals surface area contributed by atoms with Crippen LogP contribution in [0.15, 0.2) is 5.38 Å². The van der Waals surface area contributed by atoms with Crippen LogP contribution >= 0.6 is 23.7 Å².